The zero-order valence-corrected chi connectivity index (χ0v) is 15.7. The van der Waals surface area contributed by atoms with Crippen LogP contribution in [0.4, 0.5) is 10.1 Å². The van der Waals surface area contributed by atoms with Gasteiger partial charge in [-0.1, -0.05) is 30.3 Å². The second-order valence-corrected chi connectivity index (χ2v) is 6.44. The summed E-state index contributed by atoms with van der Waals surface area (Å²) in [5, 5.41) is 12.2. The van der Waals surface area contributed by atoms with Gasteiger partial charge in [0.1, 0.15) is 5.82 Å². The van der Waals surface area contributed by atoms with Crippen molar-refractivity contribution in [3.05, 3.63) is 66.0 Å². The molecule has 26 heavy (non-hydrogen) atoms. The lowest BCUT2D eigenvalue weighted by Gasteiger charge is -2.40. The van der Waals surface area contributed by atoms with Crippen LogP contribution >= 0.6 is 0 Å². The number of benzene rings is 2. The Hall–Kier alpha value is -1.95. The summed E-state index contributed by atoms with van der Waals surface area (Å²) < 4.78 is 13.0. The Labute approximate surface area is 156 Å². The largest absolute Gasteiger partial charge is 0.396 e. The zero-order valence-electron chi connectivity index (χ0n) is 15.7. The third kappa shape index (κ3) is 5.80. The molecule has 0 aromatic heterocycles. The summed E-state index contributed by atoms with van der Waals surface area (Å²) in [6, 6.07) is 17.4. The number of nitrogens with one attached hydrogen (secondary N) is 1. The highest BCUT2D eigenvalue weighted by atomic mass is 19.1. The molecule has 3 rings (SSSR count). The summed E-state index contributed by atoms with van der Waals surface area (Å²) in [5.74, 6) is -0.195. The topological polar surface area (TPSA) is 38.7 Å². The van der Waals surface area contributed by atoms with Crippen LogP contribution in [0.15, 0.2) is 54.6 Å². The molecule has 0 aliphatic carbocycles. The molecule has 1 atom stereocenters. The SMILES string of the molecule is CNC.OCC[C@@H](c1ccccc1)N1CCN(c2ccc(F)cc2)CC1. The van der Waals surface area contributed by atoms with Gasteiger partial charge in [0, 0.05) is 44.5 Å². The molecule has 0 radical (unpaired) electrons. The van der Waals surface area contributed by atoms with E-state index in [0.717, 1.165) is 38.3 Å². The number of hydrogen-bond donors (Lipinski definition) is 2. The average molecular weight is 359 g/mol. The van der Waals surface area contributed by atoms with Gasteiger partial charge in [-0.3, -0.25) is 4.90 Å². The molecular weight excluding hydrogens is 329 g/mol. The molecule has 2 aromatic carbocycles. The summed E-state index contributed by atoms with van der Waals surface area (Å²) in [4.78, 5) is 4.72. The van der Waals surface area contributed by atoms with E-state index < -0.39 is 0 Å². The molecule has 0 bridgehead atoms. The van der Waals surface area contributed by atoms with Crippen molar-refractivity contribution in [3.8, 4) is 0 Å². The monoisotopic (exact) mass is 359 g/mol. The van der Waals surface area contributed by atoms with Crippen LogP contribution in [-0.4, -0.2) is 56.9 Å². The Balaban J connectivity index is 0.000000758. The van der Waals surface area contributed by atoms with Crippen LogP contribution in [0.3, 0.4) is 0 Å². The van der Waals surface area contributed by atoms with Crippen LogP contribution in [0.5, 0.6) is 0 Å². The quantitative estimate of drug-likeness (QED) is 0.861. The van der Waals surface area contributed by atoms with Crippen LogP contribution in [0.1, 0.15) is 18.0 Å². The molecule has 1 heterocycles. The maximum atomic E-state index is 13.0. The van der Waals surface area contributed by atoms with E-state index in [2.05, 4.69) is 39.4 Å². The molecule has 1 saturated heterocycles. The minimum Gasteiger partial charge on any atom is -0.396 e. The Morgan fingerprint density at radius 2 is 1.54 bits per heavy atom. The minimum atomic E-state index is -0.195. The molecule has 4 nitrogen and oxygen atoms in total. The van der Waals surface area contributed by atoms with Crippen LogP contribution in [0.25, 0.3) is 0 Å². The summed E-state index contributed by atoms with van der Waals surface area (Å²) in [6.07, 6.45) is 0.751. The van der Waals surface area contributed by atoms with Gasteiger partial charge in [-0.15, -0.1) is 0 Å². The Bertz CT molecular complexity index is 613. The molecule has 2 N–H and O–H groups in total. The van der Waals surface area contributed by atoms with E-state index in [4.69, 9.17) is 0 Å². The fraction of sp³-hybridized carbons (Fsp3) is 0.429. The molecule has 5 heteroatoms. The number of nitrogens with zero attached hydrogens (tertiary/aromatic N) is 2. The standard InChI is InChI=1S/C19H23FN2O.C2H7N/c20-17-6-8-18(9-7-17)21-11-13-22(14-12-21)19(10-15-23)16-4-2-1-3-5-16;1-3-2/h1-9,19,23H,10-15H2;3H,1-2H3/t19-;/m0./s1. The molecule has 0 saturated carbocycles. The van der Waals surface area contributed by atoms with Gasteiger partial charge < -0.3 is 15.3 Å². The Morgan fingerprint density at radius 3 is 2.08 bits per heavy atom. The van der Waals surface area contributed by atoms with E-state index in [-0.39, 0.29) is 18.5 Å². The predicted molar refractivity (Wildman–Crippen MR) is 106 cm³/mol. The number of rotatable bonds is 5. The van der Waals surface area contributed by atoms with E-state index in [1.807, 2.05) is 32.3 Å². The minimum absolute atomic E-state index is 0.192. The van der Waals surface area contributed by atoms with Gasteiger partial charge >= 0.3 is 0 Å². The van der Waals surface area contributed by atoms with Crippen molar-refractivity contribution in [2.75, 3.05) is 51.8 Å². The second-order valence-electron chi connectivity index (χ2n) is 6.44. The summed E-state index contributed by atoms with van der Waals surface area (Å²) in [5.41, 5.74) is 2.33. The third-order valence-electron chi connectivity index (χ3n) is 4.53. The fourth-order valence-electron chi connectivity index (χ4n) is 3.30. The first kappa shape index (κ1) is 20.4. The van der Waals surface area contributed by atoms with Crippen molar-refractivity contribution in [2.24, 2.45) is 0 Å². The lowest BCUT2D eigenvalue weighted by molar-refractivity contribution is 0.149. The van der Waals surface area contributed by atoms with Crippen molar-refractivity contribution in [1.29, 1.82) is 0 Å². The molecule has 0 amide bonds. The van der Waals surface area contributed by atoms with Crippen LogP contribution in [0, 0.1) is 5.82 Å². The first-order valence-electron chi connectivity index (χ1n) is 9.18. The number of anilines is 1. The van der Waals surface area contributed by atoms with E-state index in [1.165, 1.54) is 17.7 Å². The molecule has 0 unspecified atom stereocenters. The Morgan fingerprint density at radius 1 is 0.962 bits per heavy atom. The maximum absolute atomic E-state index is 13.0. The summed E-state index contributed by atoms with van der Waals surface area (Å²) >= 11 is 0. The van der Waals surface area contributed by atoms with Gasteiger partial charge in [0.2, 0.25) is 0 Å². The first-order valence-corrected chi connectivity index (χ1v) is 9.18. The number of hydrogen-bond acceptors (Lipinski definition) is 4. The first-order chi connectivity index (χ1) is 12.7. The van der Waals surface area contributed by atoms with Gasteiger partial charge in [0.05, 0.1) is 0 Å². The van der Waals surface area contributed by atoms with E-state index >= 15 is 0 Å². The van der Waals surface area contributed by atoms with Gasteiger partial charge in [-0.25, -0.2) is 4.39 Å². The van der Waals surface area contributed by atoms with Crippen LogP contribution in [-0.2, 0) is 0 Å². The smallest absolute Gasteiger partial charge is 0.123 e. The zero-order chi connectivity index (χ0) is 18.8. The Kier molecular flexibility index (Phi) is 8.54. The van der Waals surface area contributed by atoms with Gasteiger partial charge in [-0.05, 0) is 50.3 Å². The number of aliphatic hydroxyl groups is 1. The number of aliphatic hydroxyl groups excluding tert-OH is 1. The molecule has 1 fully saturated rings. The summed E-state index contributed by atoms with van der Waals surface area (Å²) in [7, 11) is 3.75. The number of piperazine rings is 1. The molecule has 2 aromatic rings. The average Bonchev–Trinajstić information content (AvgIpc) is 2.68. The normalized spacial score (nSPS) is 15.9. The van der Waals surface area contributed by atoms with E-state index in [1.54, 1.807) is 0 Å². The van der Waals surface area contributed by atoms with Crippen molar-refractivity contribution in [2.45, 2.75) is 12.5 Å². The van der Waals surface area contributed by atoms with Crippen molar-refractivity contribution < 1.29 is 9.50 Å². The number of halogens is 1. The van der Waals surface area contributed by atoms with E-state index in [0.29, 0.717) is 0 Å². The molecular formula is C21H30FN3O. The van der Waals surface area contributed by atoms with E-state index in [9.17, 15) is 9.50 Å². The lowest BCUT2D eigenvalue weighted by atomic mass is 10.0. The van der Waals surface area contributed by atoms with Crippen molar-refractivity contribution in [1.82, 2.24) is 10.2 Å². The van der Waals surface area contributed by atoms with Crippen molar-refractivity contribution in [3.63, 3.8) is 0 Å². The van der Waals surface area contributed by atoms with Crippen molar-refractivity contribution >= 4 is 5.69 Å². The highest BCUT2D eigenvalue weighted by molar-refractivity contribution is 5.46. The highest BCUT2D eigenvalue weighted by Gasteiger charge is 2.24. The summed E-state index contributed by atoms with van der Waals surface area (Å²) in [6.45, 7) is 3.91. The van der Waals surface area contributed by atoms with Gasteiger partial charge in [0.15, 0.2) is 0 Å². The highest BCUT2D eigenvalue weighted by Crippen LogP contribution is 2.26. The molecule has 1 aliphatic heterocycles. The second kappa shape index (κ2) is 10.9. The lowest BCUT2D eigenvalue weighted by Crippen LogP contribution is -2.47. The van der Waals surface area contributed by atoms with Gasteiger partial charge in [0.25, 0.3) is 0 Å². The fourth-order valence-corrected chi connectivity index (χ4v) is 3.30. The predicted octanol–water partition coefficient (Wildman–Crippen LogP) is 2.91. The molecule has 0 spiro atoms. The van der Waals surface area contributed by atoms with Gasteiger partial charge in [-0.2, -0.15) is 0 Å². The van der Waals surface area contributed by atoms with Crippen LogP contribution in [0.2, 0.25) is 0 Å². The molecule has 1 aliphatic rings. The van der Waals surface area contributed by atoms with Crippen LogP contribution < -0.4 is 10.2 Å². The third-order valence-corrected chi connectivity index (χ3v) is 4.53. The molecule has 142 valence electrons. The maximum Gasteiger partial charge on any atom is 0.123 e.